The number of benzene rings is 7. The van der Waals surface area contributed by atoms with Crippen molar-refractivity contribution in [3.63, 3.8) is 0 Å². The first-order chi connectivity index (χ1) is 22.8. The van der Waals surface area contributed by atoms with Crippen LogP contribution in [0.3, 0.4) is 0 Å². The molecule has 3 heterocycles. The van der Waals surface area contributed by atoms with Gasteiger partial charge in [0.1, 0.15) is 5.65 Å². The fraction of sp³-hybridized carbons (Fsp3) is 0. The molecule has 0 radical (unpaired) electrons. The Balaban J connectivity index is 1.18. The Bertz CT molecular complexity index is 2800. The van der Waals surface area contributed by atoms with Gasteiger partial charge in [0.05, 0.1) is 27.6 Å². The van der Waals surface area contributed by atoms with Gasteiger partial charge in [-0.3, -0.25) is 8.97 Å². The number of para-hydroxylation sites is 4. The van der Waals surface area contributed by atoms with Crippen molar-refractivity contribution in [1.82, 2.24) is 18.9 Å². The van der Waals surface area contributed by atoms with E-state index in [0.29, 0.717) is 0 Å². The Morgan fingerprint density at radius 3 is 1.89 bits per heavy atom. The fourth-order valence-electron chi connectivity index (χ4n) is 7.16. The molecule has 0 aliphatic rings. The number of fused-ring (bicyclic) bond motifs is 9. The Labute approximate surface area is 264 Å². The first-order valence-corrected chi connectivity index (χ1v) is 15.6. The summed E-state index contributed by atoms with van der Waals surface area (Å²) in [5.41, 5.74) is 10.9. The monoisotopic (exact) mass is 586 g/mol. The van der Waals surface area contributed by atoms with Gasteiger partial charge >= 0.3 is 0 Å². The lowest BCUT2D eigenvalue weighted by Gasteiger charge is -2.12. The van der Waals surface area contributed by atoms with Crippen LogP contribution in [0, 0.1) is 0 Å². The lowest BCUT2D eigenvalue weighted by molar-refractivity contribution is 0.979. The summed E-state index contributed by atoms with van der Waals surface area (Å²) in [6, 6.07) is 56.1. The Hall–Kier alpha value is -6.26. The molecule has 0 aliphatic carbocycles. The van der Waals surface area contributed by atoms with Crippen molar-refractivity contribution in [2.45, 2.75) is 0 Å². The fourth-order valence-corrected chi connectivity index (χ4v) is 7.16. The molecule has 10 aromatic rings. The molecule has 0 saturated carbocycles. The number of hydrogen-bond donors (Lipinski definition) is 0. The van der Waals surface area contributed by atoms with E-state index in [4.69, 9.17) is 9.97 Å². The SMILES string of the molecule is c1ccc2c(-c3ccc(-c4ccc5c(c4)c4ccccc4n5-c4nc5ccccc5c5nc6ccccc6n45)cc3)cccc2c1. The molecule has 7 aromatic carbocycles. The van der Waals surface area contributed by atoms with Crippen LogP contribution in [-0.4, -0.2) is 18.9 Å². The highest BCUT2D eigenvalue weighted by atomic mass is 15.2. The van der Waals surface area contributed by atoms with Gasteiger partial charge in [-0.1, -0.05) is 115 Å². The topological polar surface area (TPSA) is 35.1 Å². The molecule has 10 rings (SSSR count). The first kappa shape index (κ1) is 25.1. The summed E-state index contributed by atoms with van der Waals surface area (Å²) in [5.74, 6) is 0.834. The standard InChI is InChI=1S/C42H26N4/c1-2-12-31-28(10-1)11-9-15-32(31)29-22-20-27(21-23-29)30-24-25-39-35(26-30)33-13-4-7-18-38(33)45(39)42-44-36-16-5-3-14-34(36)41-43-37-17-6-8-19-40(37)46(41)42/h1-26H. The van der Waals surface area contributed by atoms with Crippen LogP contribution >= 0.6 is 0 Å². The van der Waals surface area contributed by atoms with E-state index in [0.717, 1.165) is 44.6 Å². The van der Waals surface area contributed by atoms with Crippen molar-refractivity contribution in [3.8, 4) is 28.2 Å². The molecule has 46 heavy (non-hydrogen) atoms. The summed E-state index contributed by atoms with van der Waals surface area (Å²) >= 11 is 0. The zero-order valence-electron chi connectivity index (χ0n) is 24.8. The van der Waals surface area contributed by atoms with Gasteiger partial charge in [0.2, 0.25) is 5.95 Å². The Kier molecular flexibility index (Phi) is 5.25. The average Bonchev–Trinajstić information content (AvgIpc) is 3.68. The molecule has 0 amide bonds. The van der Waals surface area contributed by atoms with Crippen LogP contribution in [0.2, 0.25) is 0 Å². The Morgan fingerprint density at radius 2 is 1.02 bits per heavy atom. The normalized spacial score (nSPS) is 11.9. The van der Waals surface area contributed by atoms with Crippen LogP contribution in [0.4, 0.5) is 0 Å². The van der Waals surface area contributed by atoms with Crippen LogP contribution in [0.1, 0.15) is 0 Å². The summed E-state index contributed by atoms with van der Waals surface area (Å²) in [6.45, 7) is 0. The van der Waals surface area contributed by atoms with Gasteiger partial charge in [-0.05, 0) is 75.5 Å². The highest BCUT2D eigenvalue weighted by molar-refractivity contribution is 6.11. The molecule has 0 spiro atoms. The number of rotatable bonds is 3. The van der Waals surface area contributed by atoms with Crippen molar-refractivity contribution >= 4 is 60.2 Å². The molecule has 0 unspecified atom stereocenters. The van der Waals surface area contributed by atoms with Crippen LogP contribution < -0.4 is 0 Å². The van der Waals surface area contributed by atoms with Crippen molar-refractivity contribution in [2.75, 3.05) is 0 Å². The highest BCUT2D eigenvalue weighted by Crippen LogP contribution is 2.37. The molecule has 4 heteroatoms. The summed E-state index contributed by atoms with van der Waals surface area (Å²) in [7, 11) is 0. The van der Waals surface area contributed by atoms with Crippen molar-refractivity contribution < 1.29 is 0 Å². The van der Waals surface area contributed by atoms with Crippen LogP contribution in [-0.2, 0) is 0 Å². The van der Waals surface area contributed by atoms with E-state index in [1.165, 1.54) is 43.8 Å². The first-order valence-electron chi connectivity index (χ1n) is 15.6. The third kappa shape index (κ3) is 3.61. The van der Waals surface area contributed by atoms with Gasteiger partial charge < -0.3 is 0 Å². The van der Waals surface area contributed by atoms with E-state index >= 15 is 0 Å². The van der Waals surface area contributed by atoms with E-state index in [-0.39, 0.29) is 0 Å². The third-order valence-corrected chi connectivity index (χ3v) is 9.32. The third-order valence-electron chi connectivity index (χ3n) is 9.32. The zero-order chi connectivity index (χ0) is 30.2. The number of aromatic nitrogens is 4. The summed E-state index contributed by atoms with van der Waals surface area (Å²) < 4.78 is 4.51. The zero-order valence-corrected chi connectivity index (χ0v) is 24.8. The van der Waals surface area contributed by atoms with Gasteiger partial charge in [0.15, 0.2) is 0 Å². The maximum atomic E-state index is 5.30. The maximum absolute atomic E-state index is 5.30. The molecule has 4 nitrogen and oxygen atoms in total. The van der Waals surface area contributed by atoms with Crippen molar-refractivity contribution in [3.05, 3.63) is 158 Å². The van der Waals surface area contributed by atoms with E-state index in [1.807, 2.05) is 12.1 Å². The minimum atomic E-state index is 0.834. The van der Waals surface area contributed by atoms with E-state index < -0.39 is 0 Å². The second kappa shape index (κ2) is 9.62. The smallest absolute Gasteiger partial charge is 0.221 e. The molecule has 0 saturated heterocycles. The van der Waals surface area contributed by atoms with Gasteiger partial charge in [-0.15, -0.1) is 0 Å². The molecular formula is C42H26N4. The Morgan fingerprint density at radius 1 is 0.391 bits per heavy atom. The molecule has 214 valence electrons. The molecule has 0 aliphatic heterocycles. The van der Waals surface area contributed by atoms with Crippen LogP contribution in [0.15, 0.2) is 158 Å². The van der Waals surface area contributed by atoms with Crippen molar-refractivity contribution in [2.24, 2.45) is 0 Å². The van der Waals surface area contributed by atoms with E-state index in [2.05, 4.69) is 155 Å². The van der Waals surface area contributed by atoms with E-state index in [1.54, 1.807) is 0 Å². The predicted molar refractivity (Wildman–Crippen MR) is 191 cm³/mol. The number of imidazole rings is 1. The summed E-state index contributed by atoms with van der Waals surface area (Å²) in [5, 5.41) is 5.96. The van der Waals surface area contributed by atoms with Crippen molar-refractivity contribution in [1.29, 1.82) is 0 Å². The average molecular weight is 587 g/mol. The van der Waals surface area contributed by atoms with E-state index in [9.17, 15) is 0 Å². The van der Waals surface area contributed by atoms with Gasteiger partial charge in [-0.2, -0.15) is 0 Å². The molecule has 0 bridgehead atoms. The summed E-state index contributed by atoms with van der Waals surface area (Å²) in [6.07, 6.45) is 0. The molecule has 3 aromatic heterocycles. The van der Waals surface area contributed by atoms with Gasteiger partial charge in [-0.25, -0.2) is 9.97 Å². The highest BCUT2D eigenvalue weighted by Gasteiger charge is 2.20. The summed E-state index contributed by atoms with van der Waals surface area (Å²) in [4.78, 5) is 10.4. The van der Waals surface area contributed by atoms with Gasteiger partial charge in [0.25, 0.3) is 0 Å². The molecule has 0 N–H and O–H groups in total. The van der Waals surface area contributed by atoms with Crippen LogP contribution in [0.5, 0.6) is 0 Å². The molecular weight excluding hydrogens is 560 g/mol. The lowest BCUT2D eigenvalue weighted by Crippen LogP contribution is -2.06. The largest absolute Gasteiger partial charge is 0.279 e. The second-order valence-corrected chi connectivity index (χ2v) is 11.9. The quantitative estimate of drug-likeness (QED) is 0.206. The number of nitrogens with zero attached hydrogens (tertiary/aromatic N) is 4. The molecule has 0 atom stereocenters. The second-order valence-electron chi connectivity index (χ2n) is 11.9. The minimum Gasteiger partial charge on any atom is -0.279 e. The molecule has 0 fully saturated rings. The lowest BCUT2D eigenvalue weighted by atomic mass is 9.96. The van der Waals surface area contributed by atoms with Gasteiger partial charge in [0, 0.05) is 16.2 Å². The van der Waals surface area contributed by atoms with Crippen LogP contribution in [0.25, 0.3) is 88.4 Å². The number of hydrogen-bond acceptors (Lipinski definition) is 2. The maximum Gasteiger partial charge on any atom is 0.221 e. The minimum absolute atomic E-state index is 0.834. The predicted octanol–water partition coefficient (Wildman–Crippen LogP) is 10.6.